The molecule has 2 aromatic rings. The minimum Gasteiger partial charge on any atom is -0.480 e. The summed E-state index contributed by atoms with van der Waals surface area (Å²) in [6.07, 6.45) is 0.592. The van der Waals surface area contributed by atoms with Crippen molar-refractivity contribution in [3.05, 3.63) is 36.2 Å². The Balaban J connectivity index is 1.86. The number of rotatable bonds is 4. The van der Waals surface area contributed by atoms with Gasteiger partial charge < -0.3 is 9.67 Å². The third kappa shape index (κ3) is 2.54. The van der Waals surface area contributed by atoms with Gasteiger partial charge in [0.25, 0.3) is 0 Å². The molecule has 3 rings (SSSR count). The zero-order valence-corrected chi connectivity index (χ0v) is 11.9. The van der Waals surface area contributed by atoms with Crippen LogP contribution in [0.1, 0.15) is 19.2 Å². The monoisotopic (exact) mass is 286 g/mol. The smallest absolute Gasteiger partial charge is 0.320 e. The van der Waals surface area contributed by atoms with Crippen molar-refractivity contribution in [2.75, 3.05) is 6.54 Å². The van der Waals surface area contributed by atoms with Crippen LogP contribution in [0.3, 0.4) is 0 Å². The number of aliphatic carboxylic acids is 1. The van der Waals surface area contributed by atoms with E-state index in [0.717, 1.165) is 23.8 Å². The molecule has 0 spiro atoms. The van der Waals surface area contributed by atoms with Crippen LogP contribution in [0.25, 0.3) is 11.4 Å². The van der Waals surface area contributed by atoms with E-state index >= 15 is 0 Å². The van der Waals surface area contributed by atoms with Crippen LogP contribution in [0.2, 0.25) is 0 Å². The number of benzene rings is 1. The summed E-state index contributed by atoms with van der Waals surface area (Å²) >= 11 is 0. The molecular weight excluding hydrogens is 268 g/mol. The minimum absolute atomic E-state index is 0.448. The van der Waals surface area contributed by atoms with E-state index in [0.29, 0.717) is 19.5 Å². The lowest BCUT2D eigenvalue weighted by Crippen LogP contribution is -2.45. The van der Waals surface area contributed by atoms with Gasteiger partial charge in [-0.1, -0.05) is 37.3 Å². The number of aromatic nitrogens is 3. The summed E-state index contributed by atoms with van der Waals surface area (Å²) in [5.74, 6) is 0.919. The lowest BCUT2D eigenvalue weighted by Gasteiger charge is -2.31. The summed E-state index contributed by atoms with van der Waals surface area (Å²) in [6, 6.07) is 9.49. The van der Waals surface area contributed by atoms with Crippen molar-refractivity contribution < 1.29 is 9.90 Å². The topological polar surface area (TPSA) is 71.2 Å². The lowest BCUT2D eigenvalue weighted by atomic mass is 10.1. The SMILES string of the molecule is CCC(C(=O)O)N1CCn2c(nnc2-c2ccccc2)C1. The van der Waals surface area contributed by atoms with E-state index in [1.807, 2.05) is 42.2 Å². The number of carbonyl (C=O) groups is 1. The number of carboxylic acids is 1. The van der Waals surface area contributed by atoms with Crippen molar-refractivity contribution in [1.29, 1.82) is 0 Å². The summed E-state index contributed by atoms with van der Waals surface area (Å²) < 4.78 is 2.08. The van der Waals surface area contributed by atoms with Crippen molar-refractivity contribution >= 4 is 5.97 Å². The maximum atomic E-state index is 11.3. The Morgan fingerprint density at radius 2 is 2.05 bits per heavy atom. The molecule has 1 atom stereocenters. The van der Waals surface area contributed by atoms with E-state index in [4.69, 9.17) is 0 Å². The number of carboxylic acid groups (broad SMARTS) is 1. The molecule has 21 heavy (non-hydrogen) atoms. The van der Waals surface area contributed by atoms with Gasteiger partial charge in [0.05, 0.1) is 6.54 Å². The van der Waals surface area contributed by atoms with Crippen LogP contribution in [0.5, 0.6) is 0 Å². The third-order valence-electron chi connectivity index (χ3n) is 3.93. The zero-order chi connectivity index (χ0) is 14.8. The molecule has 1 unspecified atom stereocenters. The standard InChI is InChI=1S/C15H18N4O2/c1-2-12(15(20)21)18-8-9-19-13(10-18)16-17-14(19)11-6-4-3-5-7-11/h3-7,12H,2,8-10H2,1H3,(H,20,21). The van der Waals surface area contributed by atoms with Crippen LogP contribution < -0.4 is 0 Å². The van der Waals surface area contributed by atoms with Crippen molar-refractivity contribution in [3.63, 3.8) is 0 Å². The molecule has 1 aromatic carbocycles. The molecule has 1 aromatic heterocycles. The predicted octanol–water partition coefficient (Wildman–Crippen LogP) is 1.62. The second-order valence-electron chi connectivity index (χ2n) is 5.19. The minimum atomic E-state index is -0.770. The van der Waals surface area contributed by atoms with Gasteiger partial charge >= 0.3 is 5.97 Å². The average Bonchev–Trinajstić information content (AvgIpc) is 2.91. The van der Waals surface area contributed by atoms with Crippen LogP contribution in [0.15, 0.2) is 30.3 Å². The second kappa shape index (κ2) is 5.65. The molecule has 6 nitrogen and oxygen atoms in total. The second-order valence-corrected chi connectivity index (χ2v) is 5.19. The lowest BCUT2D eigenvalue weighted by molar-refractivity contribution is -0.144. The first-order valence-corrected chi connectivity index (χ1v) is 7.15. The molecule has 6 heteroatoms. The Labute approximate surface area is 123 Å². The van der Waals surface area contributed by atoms with Crippen molar-refractivity contribution in [3.8, 4) is 11.4 Å². The van der Waals surface area contributed by atoms with E-state index < -0.39 is 12.0 Å². The van der Waals surface area contributed by atoms with Gasteiger partial charge in [-0.15, -0.1) is 10.2 Å². The van der Waals surface area contributed by atoms with Crippen LogP contribution in [-0.2, 0) is 17.9 Å². The molecule has 0 fully saturated rings. The van der Waals surface area contributed by atoms with Gasteiger partial charge in [-0.3, -0.25) is 9.69 Å². The summed E-state index contributed by atoms with van der Waals surface area (Å²) in [6.45, 7) is 3.85. The summed E-state index contributed by atoms with van der Waals surface area (Å²) in [5, 5.41) is 17.8. The number of nitrogens with zero attached hydrogens (tertiary/aromatic N) is 4. The number of hydrogen-bond donors (Lipinski definition) is 1. The molecule has 0 aliphatic carbocycles. The van der Waals surface area contributed by atoms with Gasteiger partial charge in [-0.05, 0) is 6.42 Å². The van der Waals surface area contributed by atoms with Gasteiger partial charge in [0.1, 0.15) is 11.9 Å². The van der Waals surface area contributed by atoms with Crippen LogP contribution >= 0.6 is 0 Å². The molecule has 0 amide bonds. The van der Waals surface area contributed by atoms with Crippen LogP contribution in [-0.4, -0.2) is 43.3 Å². The quantitative estimate of drug-likeness (QED) is 0.925. The van der Waals surface area contributed by atoms with Crippen molar-refractivity contribution in [2.24, 2.45) is 0 Å². The Bertz CT molecular complexity index is 638. The summed E-state index contributed by atoms with van der Waals surface area (Å²) in [4.78, 5) is 13.2. The fourth-order valence-corrected chi connectivity index (χ4v) is 2.83. The third-order valence-corrected chi connectivity index (χ3v) is 3.93. The molecule has 110 valence electrons. The molecule has 0 saturated heterocycles. The van der Waals surface area contributed by atoms with Crippen LogP contribution in [0.4, 0.5) is 0 Å². The Morgan fingerprint density at radius 1 is 1.29 bits per heavy atom. The highest BCUT2D eigenvalue weighted by atomic mass is 16.4. The van der Waals surface area contributed by atoms with E-state index in [-0.39, 0.29) is 0 Å². The van der Waals surface area contributed by atoms with Crippen LogP contribution in [0, 0.1) is 0 Å². The van der Waals surface area contributed by atoms with Gasteiger partial charge in [0.15, 0.2) is 5.82 Å². The molecule has 1 N–H and O–H groups in total. The molecule has 0 radical (unpaired) electrons. The largest absolute Gasteiger partial charge is 0.480 e. The van der Waals surface area contributed by atoms with Gasteiger partial charge in [0, 0.05) is 18.7 Å². The molecule has 0 bridgehead atoms. The summed E-state index contributed by atoms with van der Waals surface area (Å²) in [7, 11) is 0. The van der Waals surface area contributed by atoms with E-state index in [9.17, 15) is 9.90 Å². The van der Waals surface area contributed by atoms with Gasteiger partial charge in [-0.2, -0.15) is 0 Å². The predicted molar refractivity (Wildman–Crippen MR) is 77.6 cm³/mol. The van der Waals surface area contributed by atoms with Gasteiger partial charge in [0.2, 0.25) is 0 Å². The molecule has 1 aliphatic rings. The normalized spacial score (nSPS) is 16.4. The number of fused-ring (bicyclic) bond motifs is 1. The highest BCUT2D eigenvalue weighted by Crippen LogP contribution is 2.22. The summed E-state index contributed by atoms with van der Waals surface area (Å²) in [5.41, 5.74) is 1.04. The molecule has 0 saturated carbocycles. The average molecular weight is 286 g/mol. The first kappa shape index (κ1) is 13.8. The van der Waals surface area contributed by atoms with Crippen molar-refractivity contribution in [2.45, 2.75) is 32.5 Å². The Kier molecular flexibility index (Phi) is 3.70. The first-order valence-electron chi connectivity index (χ1n) is 7.15. The first-order chi connectivity index (χ1) is 10.2. The molecular formula is C15H18N4O2. The number of hydrogen-bond acceptors (Lipinski definition) is 4. The van der Waals surface area contributed by atoms with E-state index in [1.165, 1.54) is 0 Å². The highest BCUT2D eigenvalue weighted by Gasteiger charge is 2.29. The fourth-order valence-electron chi connectivity index (χ4n) is 2.83. The maximum absolute atomic E-state index is 11.3. The zero-order valence-electron chi connectivity index (χ0n) is 11.9. The molecule has 2 heterocycles. The maximum Gasteiger partial charge on any atom is 0.320 e. The Hall–Kier alpha value is -2.21. The van der Waals surface area contributed by atoms with E-state index in [1.54, 1.807) is 0 Å². The highest BCUT2D eigenvalue weighted by molar-refractivity contribution is 5.73. The molecule has 1 aliphatic heterocycles. The Morgan fingerprint density at radius 3 is 2.71 bits per heavy atom. The van der Waals surface area contributed by atoms with E-state index in [2.05, 4.69) is 14.8 Å². The fraction of sp³-hybridized carbons (Fsp3) is 0.400. The van der Waals surface area contributed by atoms with Crippen molar-refractivity contribution in [1.82, 2.24) is 19.7 Å². The van der Waals surface area contributed by atoms with Gasteiger partial charge in [-0.25, -0.2) is 0 Å².